The number of fused-ring (bicyclic) bond motifs is 1. The maximum Gasteiger partial charge on any atom is 0.257 e. The Bertz CT molecular complexity index is 1180. The third-order valence-corrected chi connectivity index (χ3v) is 5.27. The zero-order valence-corrected chi connectivity index (χ0v) is 16.9. The summed E-state index contributed by atoms with van der Waals surface area (Å²) in [6.45, 7) is 2.42. The monoisotopic (exact) mass is 419 g/mol. The van der Waals surface area contributed by atoms with Crippen molar-refractivity contribution in [3.05, 3.63) is 54.6 Å². The largest absolute Gasteiger partial charge is 0.497 e. The van der Waals surface area contributed by atoms with Crippen molar-refractivity contribution in [1.82, 2.24) is 25.1 Å². The minimum atomic E-state index is -0.0276. The Morgan fingerprint density at radius 1 is 1.13 bits per heavy atom. The number of carbonyl (C=O) groups excluding carboxylic acids is 1. The molecular formula is C21H21N7O3. The Morgan fingerprint density at radius 2 is 1.94 bits per heavy atom. The first-order chi connectivity index (χ1) is 15.2. The molecule has 3 aromatic heterocycles. The molecule has 158 valence electrons. The lowest BCUT2D eigenvalue weighted by Crippen LogP contribution is -2.49. The minimum absolute atomic E-state index is 0.0276. The number of anilines is 3. The van der Waals surface area contributed by atoms with Crippen molar-refractivity contribution in [2.75, 3.05) is 43.5 Å². The molecule has 1 saturated heterocycles. The molecule has 10 nitrogen and oxygen atoms in total. The number of aromatic amines is 1. The van der Waals surface area contributed by atoms with E-state index in [2.05, 4.69) is 25.4 Å². The molecule has 1 amide bonds. The lowest BCUT2D eigenvalue weighted by Gasteiger charge is -2.34. The molecule has 4 aromatic rings. The average molecular weight is 419 g/mol. The summed E-state index contributed by atoms with van der Waals surface area (Å²) >= 11 is 0. The molecule has 0 radical (unpaired) electrons. The maximum atomic E-state index is 12.5. The van der Waals surface area contributed by atoms with Gasteiger partial charge in [-0.1, -0.05) is 0 Å². The summed E-state index contributed by atoms with van der Waals surface area (Å²) < 4.78 is 10.2. The molecule has 1 aromatic carbocycles. The fraction of sp³-hybridized carbons (Fsp3) is 0.238. The summed E-state index contributed by atoms with van der Waals surface area (Å²) in [5.41, 5.74) is 2.09. The van der Waals surface area contributed by atoms with E-state index in [-0.39, 0.29) is 5.91 Å². The van der Waals surface area contributed by atoms with Crippen LogP contribution >= 0.6 is 0 Å². The minimum Gasteiger partial charge on any atom is -0.497 e. The van der Waals surface area contributed by atoms with Crippen molar-refractivity contribution in [2.24, 2.45) is 0 Å². The molecular weight excluding hydrogens is 398 g/mol. The predicted octanol–water partition coefficient (Wildman–Crippen LogP) is 2.66. The van der Waals surface area contributed by atoms with E-state index in [1.165, 1.54) is 12.5 Å². The van der Waals surface area contributed by atoms with Gasteiger partial charge in [0.05, 0.1) is 30.5 Å². The predicted molar refractivity (Wildman–Crippen MR) is 115 cm³/mol. The number of rotatable bonds is 5. The van der Waals surface area contributed by atoms with Crippen molar-refractivity contribution in [3.8, 4) is 5.75 Å². The number of piperazine rings is 1. The van der Waals surface area contributed by atoms with Gasteiger partial charge in [-0.05, 0) is 30.3 Å². The quantitative estimate of drug-likeness (QED) is 0.508. The van der Waals surface area contributed by atoms with E-state index in [4.69, 9.17) is 14.1 Å². The highest BCUT2D eigenvalue weighted by Crippen LogP contribution is 2.26. The lowest BCUT2D eigenvalue weighted by molar-refractivity contribution is 0.0745. The average Bonchev–Trinajstić information content (AvgIpc) is 3.51. The lowest BCUT2D eigenvalue weighted by atomic mass is 10.2. The van der Waals surface area contributed by atoms with Crippen LogP contribution in [0.4, 0.5) is 17.5 Å². The number of hydrogen-bond donors (Lipinski definition) is 2. The van der Waals surface area contributed by atoms with Gasteiger partial charge < -0.3 is 24.3 Å². The first-order valence-corrected chi connectivity index (χ1v) is 9.90. The Hall–Kier alpha value is -4.08. The van der Waals surface area contributed by atoms with Crippen LogP contribution < -0.4 is 15.0 Å². The molecule has 0 bridgehead atoms. The summed E-state index contributed by atoms with van der Waals surface area (Å²) in [6.07, 6.45) is 4.68. The smallest absolute Gasteiger partial charge is 0.257 e. The number of furan rings is 1. The van der Waals surface area contributed by atoms with Crippen LogP contribution in [-0.2, 0) is 0 Å². The third-order valence-electron chi connectivity index (χ3n) is 5.27. The highest BCUT2D eigenvalue weighted by molar-refractivity contribution is 5.94. The van der Waals surface area contributed by atoms with Gasteiger partial charge in [-0.2, -0.15) is 15.1 Å². The molecule has 5 rings (SSSR count). The second kappa shape index (κ2) is 7.98. The second-order valence-corrected chi connectivity index (χ2v) is 7.15. The topological polar surface area (TPSA) is 112 Å². The number of hydrogen-bond acceptors (Lipinski definition) is 8. The van der Waals surface area contributed by atoms with Gasteiger partial charge in [0.1, 0.15) is 17.8 Å². The van der Waals surface area contributed by atoms with E-state index < -0.39 is 0 Å². The molecule has 10 heteroatoms. The van der Waals surface area contributed by atoms with E-state index in [1.807, 2.05) is 29.2 Å². The van der Waals surface area contributed by atoms with Crippen LogP contribution in [0.25, 0.3) is 11.0 Å². The van der Waals surface area contributed by atoms with Crippen LogP contribution in [0.15, 0.2) is 53.5 Å². The van der Waals surface area contributed by atoms with E-state index in [0.29, 0.717) is 49.2 Å². The summed E-state index contributed by atoms with van der Waals surface area (Å²) in [5.74, 6) is 2.00. The summed E-state index contributed by atoms with van der Waals surface area (Å²) in [4.78, 5) is 25.8. The molecule has 1 fully saturated rings. The fourth-order valence-electron chi connectivity index (χ4n) is 3.55. The van der Waals surface area contributed by atoms with E-state index in [9.17, 15) is 4.79 Å². The van der Waals surface area contributed by atoms with Crippen LogP contribution in [0, 0.1) is 0 Å². The highest BCUT2D eigenvalue weighted by Gasteiger charge is 2.25. The molecule has 1 aliphatic heterocycles. The van der Waals surface area contributed by atoms with E-state index in [0.717, 1.165) is 16.8 Å². The first-order valence-electron chi connectivity index (χ1n) is 9.90. The number of ether oxygens (including phenoxy) is 1. The Morgan fingerprint density at radius 3 is 2.65 bits per heavy atom. The molecule has 0 aliphatic carbocycles. The first kappa shape index (κ1) is 18.9. The van der Waals surface area contributed by atoms with E-state index in [1.54, 1.807) is 19.4 Å². The number of nitrogens with zero attached hydrogens (tertiary/aromatic N) is 5. The van der Waals surface area contributed by atoms with E-state index >= 15 is 0 Å². The molecule has 0 spiro atoms. The van der Waals surface area contributed by atoms with Crippen molar-refractivity contribution < 1.29 is 13.9 Å². The molecule has 0 unspecified atom stereocenters. The van der Waals surface area contributed by atoms with Crippen molar-refractivity contribution in [2.45, 2.75) is 0 Å². The number of methoxy groups -OCH3 is 1. The van der Waals surface area contributed by atoms with Crippen LogP contribution in [0.3, 0.4) is 0 Å². The molecule has 0 atom stereocenters. The van der Waals surface area contributed by atoms with Gasteiger partial charge in [0, 0.05) is 31.9 Å². The van der Waals surface area contributed by atoms with Gasteiger partial charge in [0.25, 0.3) is 5.91 Å². The second-order valence-electron chi connectivity index (χ2n) is 7.15. The number of carbonyl (C=O) groups is 1. The van der Waals surface area contributed by atoms with Crippen molar-refractivity contribution >= 4 is 34.4 Å². The van der Waals surface area contributed by atoms with Crippen LogP contribution in [0.1, 0.15) is 10.4 Å². The van der Waals surface area contributed by atoms with Gasteiger partial charge in [0.15, 0.2) is 5.65 Å². The SMILES string of the molecule is COc1ccc(Nc2nc(N3CCN(C(=O)c4ccoc4)CC3)nc3[nH]ncc23)cc1. The number of H-pyrrole nitrogens is 1. The molecule has 31 heavy (non-hydrogen) atoms. The van der Waals surface area contributed by atoms with Gasteiger partial charge in [-0.3, -0.25) is 9.89 Å². The molecule has 1 aliphatic rings. The summed E-state index contributed by atoms with van der Waals surface area (Å²) in [5, 5.41) is 11.2. The van der Waals surface area contributed by atoms with Crippen molar-refractivity contribution in [1.29, 1.82) is 0 Å². The number of benzene rings is 1. The third kappa shape index (κ3) is 3.75. The number of amides is 1. The van der Waals surface area contributed by atoms with Gasteiger partial charge >= 0.3 is 0 Å². The fourth-order valence-corrected chi connectivity index (χ4v) is 3.55. The highest BCUT2D eigenvalue weighted by atomic mass is 16.5. The van der Waals surface area contributed by atoms with Gasteiger partial charge in [-0.25, -0.2) is 0 Å². The zero-order chi connectivity index (χ0) is 21.2. The van der Waals surface area contributed by atoms with Crippen LogP contribution in [0.2, 0.25) is 0 Å². The molecule has 2 N–H and O–H groups in total. The summed E-state index contributed by atoms with van der Waals surface area (Å²) in [7, 11) is 1.64. The zero-order valence-electron chi connectivity index (χ0n) is 16.9. The standard InChI is InChI=1S/C21H21N7O3/c1-30-16-4-2-15(3-5-16)23-18-17-12-22-26-19(17)25-21(24-18)28-9-7-27(8-10-28)20(29)14-6-11-31-13-14/h2-6,11-13H,7-10H2,1H3,(H2,22,23,24,25,26). The summed E-state index contributed by atoms with van der Waals surface area (Å²) in [6, 6.07) is 9.29. The van der Waals surface area contributed by atoms with Gasteiger partial charge in [-0.15, -0.1) is 0 Å². The number of nitrogens with one attached hydrogen (secondary N) is 2. The molecule has 0 saturated carbocycles. The Labute approximate surface area is 177 Å². The Balaban J connectivity index is 1.35. The molecule has 4 heterocycles. The van der Waals surface area contributed by atoms with Gasteiger partial charge in [0.2, 0.25) is 5.95 Å². The van der Waals surface area contributed by atoms with Crippen LogP contribution in [0.5, 0.6) is 5.75 Å². The Kier molecular flexibility index (Phi) is 4.87. The maximum absolute atomic E-state index is 12.5. The normalized spacial score (nSPS) is 14.1. The number of aromatic nitrogens is 4. The van der Waals surface area contributed by atoms with Crippen molar-refractivity contribution in [3.63, 3.8) is 0 Å². The van der Waals surface area contributed by atoms with Crippen LogP contribution in [-0.4, -0.2) is 64.3 Å².